The zero-order valence-corrected chi connectivity index (χ0v) is 13.8. The number of amides is 1. The Morgan fingerprint density at radius 1 is 1.25 bits per heavy atom. The predicted molar refractivity (Wildman–Crippen MR) is 84.4 cm³/mol. The Kier molecular flexibility index (Phi) is 5.51. The minimum Gasteiger partial charge on any atom is -0.451 e. The summed E-state index contributed by atoms with van der Waals surface area (Å²) >= 11 is 6.90. The van der Waals surface area contributed by atoms with Crippen LogP contribution in [0.4, 0.5) is 18.9 Å². The molecule has 0 aliphatic carbocycles. The number of benzene rings is 1. The molecule has 0 aliphatic heterocycles. The molecule has 0 unspecified atom stereocenters. The van der Waals surface area contributed by atoms with E-state index in [1.807, 2.05) is 5.32 Å². The maximum absolute atomic E-state index is 12.9. The Labute approximate surface area is 144 Å². The van der Waals surface area contributed by atoms with Crippen LogP contribution in [0, 0.1) is 6.92 Å². The van der Waals surface area contributed by atoms with E-state index in [9.17, 15) is 22.8 Å². The molecule has 0 radical (unpaired) electrons. The number of alkyl halides is 3. The molecular weight excluding hydrogens is 367 g/mol. The number of carbonyl (C=O) groups excluding carboxylic acids is 2. The van der Waals surface area contributed by atoms with Gasteiger partial charge in [-0.05, 0) is 31.2 Å². The standard InChI is InChI=1S/C15H11ClF3NO3S/c1-8-5-6-11(24-8)14(22)23-7-12(21)20-13-9(15(17,18)19)3-2-4-10(13)16/h2-6H,7H2,1H3,(H,20,21). The molecule has 0 spiro atoms. The number of esters is 1. The zero-order chi connectivity index (χ0) is 17.9. The van der Waals surface area contributed by atoms with Crippen LogP contribution in [-0.4, -0.2) is 18.5 Å². The van der Waals surface area contributed by atoms with E-state index in [0.29, 0.717) is 4.88 Å². The van der Waals surface area contributed by atoms with Gasteiger partial charge in [0.25, 0.3) is 5.91 Å². The van der Waals surface area contributed by atoms with Crippen molar-refractivity contribution in [2.24, 2.45) is 0 Å². The van der Waals surface area contributed by atoms with Crippen LogP contribution in [0.1, 0.15) is 20.1 Å². The van der Waals surface area contributed by atoms with E-state index in [1.54, 1.807) is 13.0 Å². The highest BCUT2D eigenvalue weighted by atomic mass is 35.5. The fourth-order valence-electron chi connectivity index (χ4n) is 1.81. The van der Waals surface area contributed by atoms with Gasteiger partial charge in [0.05, 0.1) is 16.3 Å². The van der Waals surface area contributed by atoms with Crippen LogP contribution in [0.25, 0.3) is 0 Å². The normalized spacial score (nSPS) is 11.2. The molecule has 1 amide bonds. The second-order valence-electron chi connectivity index (χ2n) is 4.69. The lowest BCUT2D eigenvalue weighted by atomic mass is 10.1. The predicted octanol–water partition coefficient (Wildman–Crippen LogP) is 4.52. The smallest absolute Gasteiger partial charge is 0.418 e. The van der Waals surface area contributed by atoms with Crippen LogP contribution < -0.4 is 5.32 Å². The summed E-state index contributed by atoms with van der Waals surface area (Å²) in [6.45, 7) is 1.07. The molecule has 0 saturated carbocycles. The highest BCUT2D eigenvalue weighted by molar-refractivity contribution is 7.13. The molecule has 2 rings (SSSR count). The number of hydrogen-bond donors (Lipinski definition) is 1. The molecule has 9 heteroatoms. The van der Waals surface area contributed by atoms with Crippen molar-refractivity contribution >= 4 is 40.5 Å². The van der Waals surface area contributed by atoms with Crippen LogP contribution in [0.3, 0.4) is 0 Å². The van der Waals surface area contributed by atoms with Gasteiger partial charge in [-0.2, -0.15) is 13.2 Å². The van der Waals surface area contributed by atoms with Crippen molar-refractivity contribution in [3.05, 3.63) is 50.7 Å². The third-order valence-corrected chi connectivity index (χ3v) is 4.16. The number of halogens is 4. The molecule has 0 atom stereocenters. The van der Waals surface area contributed by atoms with Gasteiger partial charge in [0.15, 0.2) is 6.61 Å². The highest BCUT2D eigenvalue weighted by Crippen LogP contribution is 2.38. The third-order valence-electron chi connectivity index (χ3n) is 2.86. The molecule has 1 heterocycles. The SMILES string of the molecule is Cc1ccc(C(=O)OCC(=O)Nc2c(Cl)cccc2C(F)(F)F)s1. The largest absolute Gasteiger partial charge is 0.451 e. The molecule has 0 fully saturated rings. The lowest BCUT2D eigenvalue weighted by Crippen LogP contribution is -2.22. The summed E-state index contributed by atoms with van der Waals surface area (Å²) in [4.78, 5) is 24.7. The first-order chi connectivity index (χ1) is 11.2. The van der Waals surface area contributed by atoms with E-state index in [0.717, 1.165) is 17.0 Å². The zero-order valence-electron chi connectivity index (χ0n) is 12.2. The Morgan fingerprint density at radius 2 is 1.96 bits per heavy atom. The summed E-state index contributed by atoms with van der Waals surface area (Å²) < 4.78 is 43.5. The van der Waals surface area contributed by atoms with Gasteiger partial charge in [0, 0.05) is 4.88 Å². The van der Waals surface area contributed by atoms with Gasteiger partial charge in [0.2, 0.25) is 0 Å². The Balaban J connectivity index is 2.04. The number of carbonyl (C=O) groups is 2. The second kappa shape index (κ2) is 7.23. The molecular formula is C15H11ClF3NO3S. The highest BCUT2D eigenvalue weighted by Gasteiger charge is 2.34. The van der Waals surface area contributed by atoms with Crippen LogP contribution in [0.15, 0.2) is 30.3 Å². The average molecular weight is 378 g/mol. The lowest BCUT2D eigenvalue weighted by Gasteiger charge is -2.15. The number of ether oxygens (including phenoxy) is 1. The molecule has 128 valence electrons. The van der Waals surface area contributed by atoms with Gasteiger partial charge in [-0.15, -0.1) is 11.3 Å². The van der Waals surface area contributed by atoms with Crippen LogP contribution in [0.2, 0.25) is 5.02 Å². The topological polar surface area (TPSA) is 55.4 Å². The van der Waals surface area contributed by atoms with Gasteiger partial charge >= 0.3 is 12.1 Å². The number of nitrogens with one attached hydrogen (secondary N) is 1. The van der Waals surface area contributed by atoms with Crippen LogP contribution in [0.5, 0.6) is 0 Å². The molecule has 1 aromatic heterocycles. The van der Waals surface area contributed by atoms with E-state index in [4.69, 9.17) is 16.3 Å². The maximum Gasteiger partial charge on any atom is 0.418 e. The number of anilines is 1. The van der Waals surface area contributed by atoms with Crippen molar-refractivity contribution in [1.29, 1.82) is 0 Å². The van der Waals surface area contributed by atoms with Crippen molar-refractivity contribution in [3.8, 4) is 0 Å². The van der Waals surface area contributed by atoms with E-state index in [-0.39, 0.29) is 5.02 Å². The minimum absolute atomic E-state index is 0.265. The third kappa shape index (κ3) is 4.48. The number of thiophene rings is 1. The fourth-order valence-corrected chi connectivity index (χ4v) is 2.79. The number of rotatable bonds is 4. The van der Waals surface area contributed by atoms with E-state index >= 15 is 0 Å². The van der Waals surface area contributed by atoms with E-state index < -0.39 is 35.9 Å². The molecule has 1 aromatic carbocycles. The Bertz CT molecular complexity index is 774. The first kappa shape index (κ1) is 18.3. The summed E-state index contributed by atoms with van der Waals surface area (Å²) in [5.41, 5.74) is -1.65. The molecule has 0 bridgehead atoms. The van der Waals surface area contributed by atoms with E-state index in [2.05, 4.69) is 0 Å². The van der Waals surface area contributed by atoms with Crippen LogP contribution >= 0.6 is 22.9 Å². The Hall–Kier alpha value is -2.06. The van der Waals surface area contributed by atoms with Crippen molar-refractivity contribution in [2.45, 2.75) is 13.1 Å². The Morgan fingerprint density at radius 3 is 2.54 bits per heavy atom. The first-order valence-corrected chi connectivity index (χ1v) is 7.77. The van der Waals surface area contributed by atoms with Gasteiger partial charge < -0.3 is 10.1 Å². The van der Waals surface area contributed by atoms with Gasteiger partial charge in [-0.25, -0.2) is 4.79 Å². The molecule has 1 N–H and O–H groups in total. The van der Waals surface area contributed by atoms with Gasteiger partial charge in [-0.3, -0.25) is 4.79 Å². The summed E-state index contributed by atoms with van der Waals surface area (Å²) in [5, 5.41) is 1.77. The van der Waals surface area contributed by atoms with Crippen molar-refractivity contribution in [3.63, 3.8) is 0 Å². The quantitative estimate of drug-likeness (QED) is 0.797. The summed E-state index contributed by atoms with van der Waals surface area (Å²) in [6, 6.07) is 6.38. The second-order valence-corrected chi connectivity index (χ2v) is 6.39. The number of aryl methyl sites for hydroxylation is 1. The van der Waals surface area contributed by atoms with Crippen molar-refractivity contribution < 1.29 is 27.5 Å². The minimum atomic E-state index is -4.68. The molecule has 2 aromatic rings. The first-order valence-electron chi connectivity index (χ1n) is 6.57. The molecule has 0 aliphatic rings. The molecule has 4 nitrogen and oxygen atoms in total. The average Bonchev–Trinajstić information content (AvgIpc) is 2.92. The summed E-state index contributed by atoms with van der Waals surface area (Å²) in [5.74, 6) is -1.64. The van der Waals surface area contributed by atoms with E-state index in [1.165, 1.54) is 23.5 Å². The van der Waals surface area contributed by atoms with Crippen molar-refractivity contribution in [1.82, 2.24) is 0 Å². The summed E-state index contributed by atoms with van der Waals surface area (Å²) in [7, 11) is 0. The van der Waals surface area contributed by atoms with Crippen molar-refractivity contribution in [2.75, 3.05) is 11.9 Å². The summed E-state index contributed by atoms with van der Waals surface area (Å²) in [6.07, 6.45) is -4.68. The molecule has 0 saturated heterocycles. The lowest BCUT2D eigenvalue weighted by molar-refractivity contribution is -0.137. The fraction of sp³-hybridized carbons (Fsp3) is 0.200. The number of para-hydroxylation sites is 1. The van der Waals surface area contributed by atoms with Gasteiger partial charge in [0.1, 0.15) is 4.88 Å². The number of hydrogen-bond acceptors (Lipinski definition) is 4. The monoisotopic (exact) mass is 377 g/mol. The van der Waals surface area contributed by atoms with Crippen LogP contribution in [-0.2, 0) is 15.7 Å². The maximum atomic E-state index is 12.9. The van der Waals surface area contributed by atoms with Gasteiger partial charge in [-0.1, -0.05) is 17.7 Å². The molecule has 24 heavy (non-hydrogen) atoms.